The van der Waals surface area contributed by atoms with Gasteiger partial charge < -0.3 is 15.1 Å². The highest BCUT2D eigenvalue weighted by Crippen LogP contribution is 2.15. The lowest BCUT2D eigenvalue weighted by molar-refractivity contribution is 0.0667. The molecule has 0 bridgehead atoms. The average molecular weight is 362 g/mol. The second kappa shape index (κ2) is 7.53. The third-order valence-corrected chi connectivity index (χ3v) is 4.31. The topological polar surface area (TPSA) is 52.7 Å². The summed E-state index contributed by atoms with van der Waals surface area (Å²) in [7, 11) is 0. The molecule has 1 saturated heterocycles. The number of hydrogen-bond donors (Lipinski definition) is 1. The molecule has 130 valence electrons. The summed E-state index contributed by atoms with van der Waals surface area (Å²) in [6, 6.07) is 12.5. The summed E-state index contributed by atoms with van der Waals surface area (Å²) in [5, 5.41) is 3.38. The van der Waals surface area contributed by atoms with Gasteiger partial charge in [0.05, 0.1) is 5.56 Å². The minimum atomic E-state index is -0.532. The summed E-state index contributed by atoms with van der Waals surface area (Å²) >= 11 is 5.82. The van der Waals surface area contributed by atoms with E-state index in [-0.39, 0.29) is 17.5 Å². The van der Waals surface area contributed by atoms with E-state index in [1.807, 2.05) is 0 Å². The van der Waals surface area contributed by atoms with E-state index in [2.05, 4.69) is 5.32 Å². The van der Waals surface area contributed by atoms with Gasteiger partial charge in [-0.25, -0.2) is 9.18 Å². The van der Waals surface area contributed by atoms with E-state index in [9.17, 15) is 14.0 Å². The molecule has 2 aromatic rings. The lowest BCUT2D eigenvalue weighted by Crippen LogP contribution is -2.51. The maximum absolute atomic E-state index is 13.7. The molecule has 0 aromatic heterocycles. The Hall–Kier alpha value is -2.60. The van der Waals surface area contributed by atoms with Crippen LogP contribution in [0.4, 0.5) is 14.9 Å². The largest absolute Gasteiger partial charge is 0.335 e. The van der Waals surface area contributed by atoms with Crippen molar-refractivity contribution in [1.82, 2.24) is 9.80 Å². The van der Waals surface area contributed by atoms with E-state index in [1.165, 1.54) is 12.1 Å². The molecule has 0 spiro atoms. The maximum atomic E-state index is 13.7. The lowest BCUT2D eigenvalue weighted by atomic mass is 10.1. The summed E-state index contributed by atoms with van der Waals surface area (Å²) in [6.45, 7) is 1.50. The Balaban J connectivity index is 1.56. The number of rotatable bonds is 2. The molecule has 1 N–H and O–H groups in total. The zero-order chi connectivity index (χ0) is 17.8. The number of urea groups is 1. The first-order chi connectivity index (χ1) is 12.0. The molecule has 5 nitrogen and oxygen atoms in total. The number of carbonyl (C=O) groups is 2. The van der Waals surface area contributed by atoms with Crippen LogP contribution in [0.2, 0.25) is 5.02 Å². The van der Waals surface area contributed by atoms with Crippen LogP contribution in [-0.2, 0) is 0 Å². The molecule has 1 fully saturated rings. The molecule has 1 aliphatic heterocycles. The molecule has 3 amide bonds. The van der Waals surface area contributed by atoms with E-state index >= 15 is 0 Å². The first kappa shape index (κ1) is 17.2. The number of anilines is 1. The molecule has 2 aromatic carbocycles. The molecule has 0 aliphatic carbocycles. The number of piperazine rings is 1. The fourth-order valence-electron chi connectivity index (χ4n) is 2.65. The standard InChI is InChI=1S/C18H17ClFN3O2/c19-13-5-7-14(8-6-13)21-18(25)23-11-9-22(10-12-23)17(24)15-3-1-2-4-16(15)20/h1-8H,9-12H2,(H,21,25). The Bertz CT molecular complexity index is 774. The minimum Gasteiger partial charge on any atom is -0.335 e. The van der Waals surface area contributed by atoms with Crippen molar-refractivity contribution in [2.75, 3.05) is 31.5 Å². The molecular formula is C18H17ClFN3O2. The second-order valence-electron chi connectivity index (χ2n) is 5.70. The predicted molar refractivity (Wildman–Crippen MR) is 94.3 cm³/mol. The van der Waals surface area contributed by atoms with Crippen LogP contribution in [0.1, 0.15) is 10.4 Å². The molecule has 3 rings (SSSR count). The third kappa shape index (κ3) is 4.09. The van der Waals surface area contributed by atoms with Gasteiger partial charge in [-0.05, 0) is 36.4 Å². The average Bonchev–Trinajstić information content (AvgIpc) is 2.63. The highest BCUT2D eigenvalue weighted by molar-refractivity contribution is 6.30. The summed E-state index contributed by atoms with van der Waals surface area (Å²) in [5.74, 6) is -0.883. The number of nitrogens with zero attached hydrogens (tertiary/aromatic N) is 2. The van der Waals surface area contributed by atoms with E-state index in [1.54, 1.807) is 46.2 Å². The Kier molecular flexibility index (Phi) is 5.19. The van der Waals surface area contributed by atoms with Crippen molar-refractivity contribution in [1.29, 1.82) is 0 Å². The van der Waals surface area contributed by atoms with Crippen molar-refractivity contribution >= 4 is 29.2 Å². The number of carbonyl (C=O) groups excluding carboxylic acids is 2. The Morgan fingerprint density at radius 3 is 2.16 bits per heavy atom. The minimum absolute atomic E-state index is 0.0570. The van der Waals surface area contributed by atoms with Crippen LogP contribution in [0.15, 0.2) is 48.5 Å². The van der Waals surface area contributed by atoms with Crippen LogP contribution in [0.3, 0.4) is 0 Å². The summed E-state index contributed by atoms with van der Waals surface area (Å²) < 4.78 is 13.7. The first-order valence-corrected chi connectivity index (χ1v) is 8.28. The smallest absolute Gasteiger partial charge is 0.321 e. The zero-order valence-electron chi connectivity index (χ0n) is 13.4. The van der Waals surface area contributed by atoms with Gasteiger partial charge in [-0.1, -0.05) is 23.7 Å². The van der Waals surface area contributed by atoms with E-state index in [0.29, 0.717) is 36.9 Å². The molecule has 1 heterocycles. The van der Waals surface area contributed by atoms with Crippen molar-refractivity contribution in [3.05, 3.63) is 64.9 Å². The highest BCUT2D eigenvalue weighted by Gasteiger charge is 2.26. The van der Waals surface area contributed by atoms with Gasteiger partial charge in [0.1, 0.15) is 5.82 Å². The van der Waals surface area contributed by atoms with Gasteiger partial charge >= 0.3 is 6.03 Å². The van der Waals surface area contributed by atoms with Crippen molar-refractivity contribution in [3.63, 3.8) is 0 Å². The van der Waals surface area contributed by atoms with Gasteiger partial charge in [-0.15, -0.1) is 0 Å². The lowest BCUT2D eigenvalue weighted by Gasteiger charge is -2.34. The van der Waals surface area contributed by atoms with Crippen LogP contribution < -0.4 is 5.32 Å². The van der Waals surface area contributed by atoms with Crippen molar-refractivity contribution in [3.8, 4) is 0 Å². The summed E-state index contributed by atoms with van der Waals surface area (Å²) in [5.41, 5.74) is 0.709. The summed E-state index contributed by atoms with van der Waals surface area (Å²) in [4.78, 5) is 27.8. The van der Waals surface area contributed by atoms with Crippen LogP contribution in [0.25, 0.3) is 0 Å². The molecule has 0 radical (unpaired) electrons. The van der Waals surface area contributed by atoms with Crippen LogP contribution in [0.5, 0.6) is 0 Å². The Morgan fingerprint density at radius 1 is 0.920 bits per heavy atom. The molecule has 7 heteroatoms. The normalized spacial score (nSPS) is 14.3. The SMILES string of the molecule is O=C(Nc1ccc(Cl)cc1)N1CCN(C(=O)c2ccccc2F)CC1. The third-order valence-electron chi connectivity index (χ3n) is 4.05. The molecule has 0 unspecified atom stereocenters. The predicted octanol–water partition coefficient (Wildman–Crippen LogP) is 3.47. The number of amides is 3. The van der Waals surface area contributed by atoms with Crippen molar-refractivity contribution < 1.29 is 14.0 Å². The molecular weight excluding hydrogens is 345 g/mol. The second-order valence-corrected chi connectivity index (χ2v) is 6.13. The monoisotopic (exact) mass is 361 g/mol. The number of benzene rings is 2. The summed E-state index contributed by atoms with van der Waals surface area (Å²) in [6.07, 6.45) is 0. The van der Waals surface area contributed by atoms with E-state index in [0.717, 1.165) is 0 Å². The molecule has 1 aliphatic rings. The molecule has 25 heavy (non-hydrogen) atoms. The van der Waals surface area contributed by atoms with Gasteiger partial charge in [0.15, 0.2) is 0 Å². The number of nitrogens with one attached hydrogen (secondary N) is 1. The van der Waals surface area contributed by atoms with Crippen LogP contribution in [-0.4, -0.2) is 47.9 Å². The molecule has 0 atom stereocenters. The van der Waals surface area contributed by atoms with Gasteiger partial charge in [-0.2, -0.15) is 0 Å². The quantitative estimate of drug-likeness (QED) is 0.890. The van der Waals surface area contributed by atoms with E-state index < -0.39 is 5.82 Å². The fourth-order valence-corrected chi connectivity index (χ4v) is 2.78. The highest BCUT2D eigenvalue weighted by atomic mass is 35.5. The Morgan fingerprint density at radius 2 is 1.52 bits per heavy atom. The number of halogens is 2. The molecule has 0 saturated carbocycles. The fraction of sp³-hybridized carbons (Fsp3) is 0.222. The first-order valence-electron chi connectivity index (χ1n) is 7.90. The van der Waals surface area contributed by atoms with Crippen molar-refractivity contribution in [2.45, 2.75) is 0 Å². The van der Waals surface area contributed by atoms with Gasteiger partial charge in [0, 0.05) is 36.9 Å². The van der Waals surface area contributed by atoms with Gasteiger partial charge in [0.25, 0.3) is 5.91 Å². The van der Waals surface area contributed by atoms with Gasteiger partial charge in [-0.3, -0.25) is 4.79 Å². The Labute approximate surface area is 150 Å². The zero-order valence-corrected chi connectivity index (χ0v) is 14.2. The number of hydrogen-bond acceptors (Lipinski definition) is 2. The maximum Gasteiger partial charge on any atom is 0.321 e. The van der Waals surface area contributed by atoms with Crippen LogP contribution in [0, 0.1) is 5.82 Å². The van der Waals surface area contributed by atoms with Crippen molar-refractivity contribution in [2.24, 2.45) is 0 Å². The van der Waals surface area contributed by atoms with Crippen LogP contribution >= 0.6 is 11.6 Å². The van der Waals surface area contributed by atoms with E-state index in [4.69, 9.17) is 11.6 Å². The van der Waals surface area contributed by atoms with Gasteiger partial charge in [0.2, 0.25) is 0 Å².